The monoisotopic (exact) mass is 928 g/mol. The highest BCUT2D eigenvalue weighted by Gasteiger charge is 2.29. The molecule has 0 spiro atoms. The standard InChI is InChI=1S/C31H40N2O4.C24H28N2O5/c1-2-3-4-5-6-7-8-23-9-14-25(15-10-23)31(35)37-28-18-11-24(12-19-28)13-20-30(34)36-22-26-16-17-27(32)21-29(26)33;1-29-20-11-6-17(7-12-20)24(28)31-21-9-2-16(3-10-21)4-13-23(27)30-15-18-5-8-19(25)14-22(18)26/h2,11-13,16-21,23,25H,1,3-10,14-15,22,32-33H2;2-5,8-10,13-14,17,20H,6-7,11-12,15,25-26H2,1H3/b20-13+;13-4+. The lowest BCUT2D eigenvalue weighted by Gasteiger charge is -2.27. The molecule has 4 aromatic carbocycles. The number of carbonyl (C=O) groups is 4. The summed E-state index contributed by atoms with van der Waals surface area (Å²) in [5, 5.41) is 0. The summed E-state index contributed by atoms with van der Waals surface area (Å²) in [4.78, 5) is 49.0. The number of esters is 4. The Balaban J connectivity index is 0.000000258. The van der Waals surface area contributed by atoms with Crippen molar-refractivity contribution in [2.24, 2.45) is 17.8 Å². The maximum absolute atomic E-state index is 12.6. The Labute approximate surface area is 400 Å². The molecule has 2 aliphatic rings. The number of ether oxygens (including phenoxy) is 5. The minimum absolute atomic E-state index is 0.0201. The fraction of sp³-hybridized carbons (Fsp3) is 0.382. The summed E-state index contributed by atoms with van der Waals surface area (Å²) in [5.74, 6) is 0.324. The van der Waals surface area contributed by atoms with Crippen LogP contribution >= 0.6 is 0 Å². The van der Waals surface area contributed by atoms with Gasteiger partial charge in [-0.2, -0.15) is 0 Å². The van der Waals surface area contributed by atoms with Crippen molar-refractivity contribution in [2.45, 2.75) is 109 Å². The average Bonchev–Trinajstić information content (AvgIpc) is 3.34. The Kier molecular flexibility index (Phi) is 21.2. The number of nitrogen functional groups attached to an aromatic ring is 4. The molecule has 6 rings (SSSR count). The van der Waals surface area contributed by atoms with Gasteiger partial charge in [-0.1, -0.05) is 68.2 Å². The van der Waals surface area contributed by atoms with Crippen LogP contribution in [0.15, 0.2) is 110 Å². The maximum Gasteiger partial charge on any atom is 0.331 e. The van der Waals surface area contributed by atoms with Gasteiger partial charge in [-0.25, -0.2) is 9.59 Å². The second-order valence-electron chi connectivity index (χ2n) is 17.5. The van der Waals surface area contributed by atoms with Crippen molar-refractivity contribution < 1.29 is 42.9 Å². The Morgan fingerprint density at radius 2 is 1.01 bits per heavy atom. The van der Waals surface area contributed by atoms with Gasteiger partial charge in [-0.15, -0.1) is 6.58 Å². The molecule has 0 amide bonds. The van der Waals surface area contributed by atoms with Gasteiger partial charge < -0.3 is 46.6 Å². The van der Waals surface area contributed by atoms with Gasteiger partial charge in [0.1, 0.15) is 24.7 Å². The van der Waals surface area contributed by atoms with Crippen molar-refractivity contribution >= 4 is 58.8 Å². The van der Waals surface area contributed by atoms with Crippen molar-refractivity contribution in [3.8, 4) is 11.5 Å². The zero-order valence-corrected chi connectivity index (χ0v) is 39.3. The largest absolute Gasteiger partial charge is 0.458 e. The second-order valence-corrected chi connectivity index (χ2v) is 17.5. The minimum atomic E-state index is -0.488. The van der Waals surface area contributed by atoms with E-state index in [1.165, 1.54) is 44.3 Å². The molecule has 13 nitrogen and oxygen atoms in total. The fourth-order valence-corrected chi connectivity index (χ4v) is 8.20. The number of allylic oxidation sites excluding steroid dienone is 1. The molecule has 8 N–H and O–H groups in total. The molecule has 0 radical (unpaired) electrons. The van der Waals surface area contributed by atoms with E-state index in [4.69, 9.17) is 46.6 Å². The lowest BCUT2D eigenvalue weighted by atomic mass is 9.80. The van der Waals surface area contributed by atoms with Crippen molar-refractivity contribution in [2.75, 3.05) is 30.0 Å². The van der Waals surface area contributed by atoms with E-state index in [-0.39, 0.29) is 43.1 Å². The highest BCUT2D eigenvalue weighted by Crippen LogP contribution is 2.33. The molecular weight excluding hydrogens is 861 g/mol. The third kappa shape index (κ3) is 18.1. The van der Waals surface area contributed by atoms with Crippen LogP contribution in [0, 0.1) is 17.8 Å². The van der Waals surface area contributed by atoms with E-state index < -0.39 is 11.9 Å². The zero-order valence-electron chi connectivity index (χ0n) is 39.3. The molecule has 0 atom stereocenters. The van der Waals surface area contributed by atoms with Crippen molar-refractivity contribution in [3.05, 3.63) is 132 Å². The number of carbonyl (C=O) groups excluding carboxylic acids is 4. The van der Waals surface area contributed by atoms with Gasteiger partial charge >= 0.3 is 23.9 Å². The highest BCUT2D eigenvalue weighted by molar-refractivity contribution is 5.88. The Hall–Kier alpha value is -6.86. The number of benzene rings is 4. The molecule has 0 heterocycles. The molecule has 0 aromatic heterocycles. The molecule has 4 aromatic rings. The van der Waals surface area contributed by atoms with Crippen molar-refractivity contribution in [1.82, 2.24) is 0 Å². The summed E-state index contributed by atoms with van der Waals surface area (Å²) in [6.45, 7) is 3.91. The van der Waals surface area contributed by atoms with E-state index in [1.54, 1.807) is 104 Å². The molecule has 362 valence electrons. The van der Waals surface area contributed by atoms with Gasteiger partial charge in [0.05, 0.1) is 17.9 Å². The summed E-state index contributed by atoms with van der Waals surface area (Å²) in [5.41, 5.74) is 28.1. The molecule has 2 saturated carbocycles. The summed E-state index contributed by atoms with van der Waals surface area (Å²) in [7, 11) is 1.70. The Bertz CT molecular complexity index is 2310. The van der Waals surface area contributed by atoms with E-state index in [9.17, 15) is 19.2 Å². The van der Waals surface area contributed by atoms with Crippen LogP contribution in [0.1, 0.15) is 112 Å². The molecule has 0 aliphatic heterocycles. The molecule has 0 saturated heterocycles. The van der Waals surface area contributed by atoms with Crippen LogP contribution in [0.3, 0.4) is 0 Å². The minimum Gasteiger partial charge on any atom is -0.458 e. The first-order chi connectivity index (χ1) is 32.9. The van der Waals surface area contributed by atoms with Crippen LogP contribution in [0.25, 0.3) is 12.2 Å². The second kappa shape index (κ2) is 27.7. The third-order valence-electron chi connectivity index (χ3n) is 12.4. The van der Waals surface area contributed by atoms with Gasteiger partial charge in [0.25, 0.3) is 0 Å². The summed E-state index contributed by atoms with van der Waals surface area (Å²) in [6, 6.07) is 24.2. The number of methoxy groups -OCH3 is 1. The summed E-state index contributed by atoms with van der Waals surface area (Å²) >= 11 is 0. The van der Waals surface area contributed by atoms with E-state index in [0.29, 0.717) is 45.4 Å². The molecular formula is C55H68N4O9. The van der Waals surface area contributed by atoms with Crippen LogP contribution in [0.5, 0.6) is 11.5 Å². The zero-order chi connectivity index (χ0) is 48.7. The Morgan fingerprint density at radius 3 is 1.44 bits per heavy atom. The predicted octanol–water partition coefficient (Wildman–Crippen LogP) is 10.6. The number of nitrogens with two attached hydrogens (primary N) is 4. The van der Waals surface area contributed by atoms with Crippen LogP contribution < -0.4 is 32.4 Å². The number of anilines is 4. The molecule has 13 heteroatoms. The van der Waals surface area contributed by atoms with E-state index in [2.05, 4.69) is 6.58 Å². The number of unbranched alkanes of at least 4 members (excludes halogenated alkanes) is 4. The van der Waals surface area contributed by atoms with Crippen LogP contribution in [0.2, 0.25) is 0 Å². The Morgan fingerprint density at radius 1 is 0.574 bits per heavy atom. The van der Waals surface area contributed by atoms with E-state index >= 15 is 0 Å². The summed E-state index contributed by atoms with van der Waals surface area (Å²) < 4.78 is 26.9. The quantitative estimate of drug-likeness (QED) is 0.0162. The SMILES string of the molecule is C=CCCCCCCC1CCC(C(=O)Oc2ccc(/C=C/C(=O)OCc3ccc(N)cc3N)cc2)CC1.COC1CCC(C(=O)Oc2ccc(/C=C/C(=O)OCc3ccc(N)cc3N)cc2)CC1. The van der Waals surface area contributed by atoms with Crippen molar-refractivity contribution in [3.63, 3.8) is 0 Å². The first kappa shape index (κ1) is 52.1. The van der Waals surface area contributed by atoms with Gasteiger partial charge in [0, 0.05) is 53.1 Å². The van der Waals surface area contributed by atoms with Gasteiger partial charge in [-0.3, -0.25) is 9.59 Å². The van der Waals surface area contributed by atoms with Gasteiger partial charge in [-0.05, 0) is 142 Å². The lowest BCUT2D eigenvalue weighted by Crippen LogP contribution is -2.28. The van der Waals surface area contributed by atoms with Crippen LogP contribution in [-0.4, -0.2) is 37.1 Å². The topological polar surface area (TPSA) is 219 Å². The number of hydrogen-bond acceptors (Lipinski definition) is 13. The smallest absolute Gasteiger partial charge is 0.331 e. The third-order valence-corrected chi connectivity index (χ3v) is 12.4. The first-order valence-corrected chi connectivity index (χ1v) is 23.6. The van der Waals surface area contributed by atoms with E-state index in [0.717, 1.165) is 74.8 Å². The predicted molar refractivity (Wildman–Crippen MR) is 268 cm³/mol. The number of hydrogen-bond donors (Lipinski definition) is 4. The van der Waals surface area contributed by atoms with Crippen LogP contribution in [0.4, 0.5) is 22.7 Å². The van der Waals surface area contributed by atoms with E-state index in [1.807, 2.05) is 6.08 Å². The molecule has 0 unspecified atom stereocenters. The molecule has 2 aliphatic carbocycles. The number of rotatable bonds is 20. The van der Waals surface area contributed by atoms with Crippen LogP contribution in [-0.2, 0) is 46.6 Å². The molecule has 0 bridgehead atoms. The van der Waals surface area contributed by atoms with Gasteiger partial charge in [0.2, 0.25) is 0 Å². The highest BCUT2D eigenvalue weighted by atomic mass is 16.5. The normalized spacial score (nSPS) is 18.0. The maximum atomic E-state index is 12.6. The first-order valence-electron chi connectivity index (χ1n) is 23.6. The molecule has 68 heavy (non-hydrogen) atoms. The van der Waals surface area contributed by atoms with Crippen molar-refractivity contribution in [1.29, 1.82) is 0 Å². The summed E-state index contributed by atoms with van der Waals surface area (Å²) in [6.07, 6.45) is 23.0. The fourth-order valence-electron chi connectivity index (χ4n) is 8.20. The lowest BCUT2D eigenvalue weighted by molar-refractivity contribution is -0.141. The average molecular weight is 929 g/mol. The van der Waals surface area contributed by atoms with Gasteiger partial charge in [0.15, 0.2) is 0 Å². The molecule has 2 fully saturated rings.